The Bertz CT molecular complexity index is 1020. The molecule has 0 atom stereocenters. The Labute approximate surface area is 206 Å². The van der Waals surface area contributed by atoms with Crippen LogP contribution in [0.4, 0.5) is 0 Å². The Hall–Kier alpha value is -2.88. The second-order valence-electron chi connectivity index (χ2n) is 7.38. The number of guanidine groups is 1. The molecule has 3 rings (SSSR count). The molecule has 32 heavy (non-hydrogen) atoms. The van der Waals surface area contributed by atoms with Crippen molar-refractivity contribution in [3.05, 3.63) is 77.7 Å². The zero-order chi connectivity index (χ0) is 22.1. The molecular formula is C24H31IN6O. The van der Waals surface area contributed by atoms with Gasteiger partial charge >= 0.3 is 0 Å². The molecule has 0 spiro atoms. The molecule has 0 aliphatic carbocycles. The van der Waals surface area contributed by atoms with E-state index in [-0.39, 0.29) is 29.9 Å². The van der Waals surface area contributed by atoms with Crippen LogP contribution in [0.5, 0.6) is 0 Å². The average Bonchev–Trinajstić information content (AvgIpc) is 3.27. The molecule has 1 aromatic heterocycles. The highest BCUT2D eigenvalue weighted by Crippen LogP contribution is 2.16. The van der Waals surface area contributed by atoms with Crippen molar-refractivity contribution in [2.45, 2.75) is 19.9 Å². The fourth-order valence-corrected chi connectivity index (χ4v) is 3.15. The normalized spacial score (nSPS) is 10.9. The van der Waals surface area contributed by atoms with Crippen LogP contribution < -0.4 is 10.6 Å². The molecule has 0 fully saturated rings. The summed E-state index contributed by atoms with van der Waals surface area (Å²) >= 11 is 0. The van der Waals surface area contributed by atoms with E-state index in [0.717, 1.165) is 41.6 Å². The van der Waals surface area contributed by atoms with Crippen LogP contribution >= 0.6 is 24.0 Å². The molecular weight excluding hydrogens is 515 g/mol. The van der Waals surface area contributed by atoms with Crippen LogP contribution in [0.15, 0.2) is 65.8 Å². The molecule has 0 bridgehead atoms. The minimum absolute atomic E-state index is 0. The molecule has 3 aromatic rings. The number of hydrogen-bond donors (Lipinski definition) is 3. The average molecular weight is 546 g/mol. The molecule has 1 heterocycles. The van der Waals surface area contributed by atoms with E-state index in [0.29, 0.717) is 18.7 Å². The van der Waals surface area contributed by atoms with Gasteiger partial charge in [-0.1, -0.05) is 42.5 Å². The molecule has 8 heteroatoms. The number of H-pyrrole nitrogens is 1. The standard InChI is InChI=1S/C24H30N6O.HI/c1-4-25-24(26-14-13-18-9-8-12-20(15-18)23(31)30(2)3)28-17-22-27-16-21(29-22)19-10-6-5-7-11-19;/h5-12,15-16H,4,13-14,17H2,1-3H3,(H,27,29)(H2,25,26,28);1H. The highest BCUT2D eigenvalue weighted by Gasteiger charge is 2.08. The zero-order valence-corrected chi connectivity index (χ0v) is 21.1. The fourth-order valence-electron chi connectivity index (χ4n) is 3.15. The highest BCUT2D eigenvalue weighted by molar-refractivity contribution is 14.0. The van der Waals surface area contributed by atoms with Gasteiger partial charge in [0.1, 0.15) is 12.4 Å². The van der Waals surface area contributed by atoms with Gasteiger partial charge in [0.05, 0.1) is 11.9 Å². The van der Waals surface area contributed by atoms with Crippen LogP contribution in [0.3, 0.4) is 0 Å². The summed E-state index contributed by atoms with van der Waals surface area (Å²) in [7, 11) is 3.52. The predicted molar refractivity (Wildman–Crippen MR) is 140 cm³/mol. The lowest BCUT2D eigenvalue weighted by atomic mass is 10.1. The summed E-state index contributed by atoms with van der Waals surface area (Å²) in [5.74, 6) is 1.56. The lowest BCUT2D eigenvalue weighted by Gasteiger charge is -2.13. The Kier molecular flexibility index (Phi) is 10.2. The van der Waals surface area contributed by atoms with Crippen molar-refractivity contribution in [3.8, 4) is 11.3 Å². The van der Waals surface area contributed by atoms with Gasteiger partial charge in [0.2, 0.25) is 0 Å². The van der Waals surface area contributed by atoms with Gasteiger partial charge < -0.3 is 20.5 Å². The summed E-state index contributed by atoms with van der Waals surface area (Å²) in [5, 5.41) is 6.61. The summed E-state index contributed by atoms with van der Waals surface area (Å²) in [6.07, 6.45) is 2.63. The number of aliphatic imine (C=N–C) groups is 1. The van der Waals surface area contributed by atoms with Crippen molar-refractivity contribution >= 4 is 35.8 Å². The third-order valence-corrected chi connectivity index (χ3v) is 4.73. The van der Waals surface area contributed by atoms with Crippen molar-refractivity contribution in [1.82, 2.24) is 25.5 Å². The highest BCUT2D eigenvalue weighted by atomic mass is 127. The largest absolute Gasteiger partial charge is 0.357 e. The minimum Gasteiger partial charge on any atom is -0.357 e. The molecule has 0 unspecified atom stereocenters. The van der Waals surface area contributed by atoms with Gasteiger partial charge in [-0.3, -0.25) is 4.79 Å². The number of carbonyl (C=O) groups is 1. The molecule has 1 amide bonds. The first-order chi connectivity index (χ1) is 15.1. The fraction of sp³-hybridized carbons (Fsp3) is 0.292. The van der Waals surface area contributed by atoms with Gasteiger partial charge in [-0.2, -0.15) is 0 Å². The van der Waals surface area contributed by atoms with E-state index in [1.807, 2.05) is 67.7 Å². The van der Waals surface area contributed by atoms with Crippen LogP contribution in [0.25, 0.3) is 11.3 Å². The first kappa shape index (κ1) is 25.4. The monoisotopic (exact) mass is 546 g/mol. The molecule has 0 aliphatic heterocycles. The second kappa shape index (κ2) is 12.8. The van der Waals surface area contributed by atoms with E-state index < -0.39 is 0 Å². The number of amides is 1. The number of aromatic nitrogens is 2. The van der Waals surface area contributed by atoms with Crippen molar-refractivity contribution in [2.24, 2.45) is 4.99 Å². The van der Waals surface area contributed by atoms with Crippen molar-refractivity contribution in [2.75, 3.05) is 27.2 Å². The summed E-state index contributed by atoms with van der Waals surface area (Å²) in [4.78, 5) is 26.1. The number of aromatic amines is 1. The lowest BCUT2D eigenvalue weighted by molar-refractivity contribution is 0.0827. The van der Waals surface area contributed by atoms with E-state index in [1.165, 1.54) is 0 Å². The maximum Gasteiger partial charge on any atom is 0.253 e. The summed E-state index contributed by atoms with van der Waals surface area (Å²) in [6, 6.07) is 17.9. The number of nitrogens with one attached hydrogen (secondary N) is 3. The van der Waals surface area contributed by atoms with Crippen molar-refractivity contribution < 1.29 is 4.79 Å². The van der Waals surface area contributed by atoms with Gasteiger partial charge in [0.25, 0.3) is 5.91 Å². The minimum atomic E-state index is 0. The van der Waals surface area contributed by atoms with Crippen LogP contribution in [0, 0.1) is 0 Å². The van der Waals surface area contributed by atoms with Gasteiger partial charge in [0.15, 0.2) is 5.96 Å². The predicted octanol–water partition coefficient (Wildman–Crippen LogP) is 3.69. The van der Waals surface area contributed by atoms with Gasteiger partial charge in [-0.05, 0) is 36.6 Å². The van der Waals surface area contributed by atoms with Crippen LogP contribution in [-0.2, 0) is 13.0 Å². The van der Waals surface area contributed by atoms with Crippen LogP contribution in [0.1, 0.15) is 28.7 Å². The number of rotatable bonds is 8. The molecule has 170 valence electrons. The number of imidazole rings is 1. The second-order valence-corrected chi connectivity index (χ2v) is 7.38. The lowest BCUT2D eigenvalue weighted by Crippen LogP contribution is -2.38. The molecule has 0 saturated heterocycles. The van der Waals surface area contributed by atoms with E-state index in [2.05, 4.69) is 25.6 Å². The molecule has 2 aromatic carbocycles. The Morgan fingerprint density at radius 3 is 2.59 bits per heavy atom. The first-order valence-corrected chi connectivity index (χ1v) is 10.5. The molecule has 7 nitrogen and oxygen atoms in total. The topological polar surface area (TPSA) is 85.4 Å². The van der Waals surface area contributed by atoms with E-state index >= 15 is 0 Å². The summed E-state index contributed by atoms with van der Waals surface area (Å²) in [6.45, 7) is 3.97. The van der Waals surface area contributed by atoms with Gasteiger partial charge in [-0.15, -0.1) is 24.0 Å². The van der Waals surface area contributed by atoms with E-state index in [9.17, 15) is 4.79 Å². The maximum atomic E-state index is 12.1. The van der Waals surface area contributed by atoms with E-state index in [4.69, 9.17) is 0 Å². The van der Waals surface area contributed by atoms with Gasteiger partial charge in [-0.25, -0.2) is 9.98 Å². The third-order valence-electron chi connectivity index (χ3n) is 4.73. The first-order valence-electron chi connectivity index (χ1n) is 10.5. The number of hydrogen-bond acceptors (Lipinski definition) is 3. The Morgan fingerprint density at radius 2 is 1.88 bits per heavy atom. The van der Waals surface area contributed by atoms with Crippen molar-refractivity contribution in [3.63, 3.8) is 0 Å². The Balaban J connectivity index is 0.00000363. The van der Waals surface area contributed by atoms with E-state index in [1.54, 1.807) is 19.0 Å². The molecule has 0 aliphatic rings. The number of benzene rings is 2. The van der Waals surface area contributed by atoms with Gasteiger partial charge in [0, 0.05) is 32.7 Å². The number of nitrogens with zero attached hydrogens (tertiary/aromatic N) is 3. The Morgan fingerprint density at radius 1 is 1.09 bits per heavy atom. The summed E-state index contributed by atoms with van der Waals surface area (Å²) in [5.41, 5.74) is 3.89. The zero-order valence-electron chi connectivity index (χ0n) is 18.8. The molecule has 3 N–H and O–H groups in total. The SMILES string of the molecule is CCNC(=NCc1ncc(-c2ccccc2)[nH]1)NCCc1cccc(C(=O)N(C)C)c1.I. The summed E-state index contributed by atoms with van der Waals surface area (Å²) < 4.78 is 0. The quantitative estimate of drug-likeness (QED) is 0.229. The molecule has 0 radical (unpaired) electrons. The maximum absolute atomic E-state index is 12.1. The smallest absolute Gasteiger partial charge is 0.253 e. The number of halogens is 1. The van der Waals surface area contributed by atoms with Crippen LogP contribution in [0.2, 0.25) is 0 Å². The molecule has 0 saturated carbocycles. The third kappa shape index (κ3) is 7.37. The number of carbonyl (C=O) groups excluding carboxylic acids is 1. The van der Waals surface area contributed by atoms with Crippen LogP contribution in [-0.4, -0.2) is 53.9 Å². The van der Waals surface area contributed by atoms with Crippen molar-refractivity contribution in [1.29, 1.82) is 0 Å².